The van der Waals surface area contributed by atoms with Crippen LogP contribution >= 0.6 is 0 Å². The summed E-state index contributed by atoms with van der Waals surface area (Å²) < 4.78 is 0. The maximum atomic E-state index is 12.0. The van der Waals surface area contributed by atoms with Gasteiger partial charge in [0.05, 0.1) is 0 Å². The number of likely N-dealkylation sites (tertiary alicyclic amines) is 1. The van der Waals surface area contributed by atoms with Crippen LogP contribution in [0.5, 0.6) is 0 Å². The van der Waals surface area contributed by atoms with Crippen molar-refractivity contribution >= 4 is 5.91 Å². The molecule has 0 aromatic heterocycles. The van der Waals surface area contributed by atoms with E-state index in [0.717, 1.165) is 31.5 Å². The number of nitrogens with zero attached hydrogens (tertiary/aromatic N) is 1. The molecule has 0 spiro atoms. The number of hydrogen-bond acceptors (Lipinski definition) is 2. The van der Waals surface area contributed by atoms with E-state index in [9.17, 15) is 4.79 Å². The van der Waals surface area contributed by atoms with E-state index in [1.54, 1.807) is 0 Å². The van der Waals surface area contributed by atoms with E-state index in [1.807, 2.05) is 4.90 Å². The first-order chi connectivity index (χ1) is 9.66. The third-order valence-electron chi connectivity index (χ3n) is 5.19. The summed E-state index contributed by atoms with van der Waals surface area (Å²) in [5, 5.41) is 3.63. The van der Waals surface area contributed by atoms with Crippen LogP contribution in [0.2, 0.25) is 0 Å². The van der Waals surface area contributed by atoms with E-state index in [1.165, 1.54) is 44.9 Å². The Hall–Kier alpha value is -0.570. The Morgan fingerprint density at radius 1 is 1.10 bits per heavy atom. The largest absolute Gasteiger partial charge is 0.343 e. The lowest BCUT2D eigenvalue weighted by Gasteiger charge is -2.20. The van der Waals surface area contributed by atoms with Gasteiger partial charge in [-0.25, -0.2) is 0 Å². The van der Waals surface area contributed by atoms with Crippen LogP contribution in [0.4, 0.5) is 0 Å². The van der Waals surface area contributed by atoms with Crippen molar-refractivity contribution in [2.75, 3.05) is 19.6 Å². The van der Waals surface area contributed by atoms with E-state index in [-0.39, 0.29) is 0 Å². The molecule has 1 saturated heterocycles. The molecule has 1 heterocycles. The topological polar surface area (TPSA) is 32.3 Å². The lowest BCUT2D eigenvalue weighted by Crippen LogP contribution is -2.34. The zero-order valence-electron chi connectivity index (χ0n) is 13.4. The van der Waals surface area contributed by atoms with Crippen LogP contribution in [-0.4, -0.2) is 36.5 Å². The molecule has 2 rings (SSSR count). The Kier molecular flexibility index (Phi) is 6.34. The molecule has 2 atom stereocenters. The van der Waals surface area contributed by atoms with Gasteiger partial charge in [-0.05, 0) is 43.9 Å². The van der Waals surface area contributed by atoms with Crippen LogP contribution in [0.15, 0.2) is 0 Å². The number of hydrogen-bond donors (Lipinski definition) is 1. The standard InChI is InChI=1S/C17H32N2O/c1-14(2)15-6-5-7-16(9-8-15)18-11-10-17(20)19-12-3-4-13-19/h14-16,18H,3-13H2,1-2H3. The SMILES string of the molecule is CC(C)C1CCCC(NCCC(=O)N2CCCC2)CC1. The van der Waals surface area contributed by atoms with Crippen molar-refractivity contribution in [3.63, 3.8) is 0 Å². The highest BCUT2D eigenvalue weighted by Crippen LogP contribution is 2.28. The summed E-state index contributed by atoms with van der Waals surface area (Å²) in [6, 6.07) is 0.644. The van der Waals surface area contributed by atoms with Gasteiger partial charge in [0.25, 0.3) is 0 Å². The summed E-state index contributed by atoms with van der Waals surface area (Å²) in [7, 11) is 0. The van der Waals surface area contributed by atoms with Gasteiger partial charge in [0.15, 0.2) is 0 Å². The zero-order chi connectivity index (χ0) is 14.4. The van der Waals surface area contributed by atoms with Crippen LogP contribution in [0.3, 0.4) is 0 Å². The predicted molar refractivity (Wildman–Crippen MR) is 83.6 cm³/mol. The normalized spacial score (nSPS) is 27.9. The molecule has 0 aromatic carbocycles. The molecule has 20 heavy (non-hydrogen) atoms. The van der Waals surface area contributed by atoms with Gasteiger partial charge in [-0.3, -0.25) is 4.79 Å². The van der Waals surface area contributed by atoms with Crippen LogP contribution in [0.1, 0.15) is 65.2 Å². The van der Waals surface area contributed by atoms with E-state index in [4.69, 9.17) is 0 Å². The van der Waals surface area contributed by atoms with Crippen molar-refractivity contribution in [2.24, 2.45) is 11.8 Å². The van der Waals surface area contributed by atoms with Crippen molar-refractivity contribution in [1.29, 1.82) is 0 Å². The van der Waals surface area contributed by atoms with E-state index < -0.39 is 0 Å². The molecule has 2 fully saturated rings. The summed E-state index contributed by atoms with van der Waals surface area (Å²) >= 11 is 0. The monoisotopic (exact) mass is 280 g/mol. The van der Waals surface area contributed by atoms with Crippen LogP contribution in [0, 0.1) is 11.8 Å². The second-order valence-electron chi connectivity index (χ2n) is 7.00. The second-order valence-corrected chi connectivity index (χ2v) is 7.00. The number of rotatable bonds is 5. The van der Waals surface area contributed by atoms with Crippen molar-refractivity contribution in [3.8, 4) is 0 Å². The minimum atomic E-state index is 0.351. The summed E-state index contributed by atoms with van der Waals surface area (Å²) in [6.45, 7) is 7.54. The maximum absolute atomic E-state index is 12.0. The van der Waals surface area contributed by atoms with Gasteiger partial charge in [0, 0.05) is 32.1 Å². The molecule has 1 aliphatic carbocycles. The molecule has 1 N–H and O–H groups in total. The maximum Gasteiger partial charge on any atom is 0.223 e. The Balaban J connectivity index is 1.62. The fourth-order valence-corrected chi connectivity index (χ4v) is 3.71. The van der Waals surface area contributed by atoms with Crippen LogP contribution in [-0.2, 0) is 4.79 Å². The number of amides is 1. The fraction of sp³-hybridized carbons (Fsp3) is 0.941. The van der Waals surface area contributed by atoms with Crippen LogP contribution < -0.4 is 5.32 Å². The third-order valence-corrected chi connectivity index (χ3v) is 5.19. The molecular formula is C17H32N2O. The molecule has 3 heteroatoms. The van der Waals surface area contributed by atoms with Gasteiger partial charge in [-0.1, -0.05) is 26.7 Å². The molecule has 1 saturated carbocycles. The zero-order valence-corrected chi connectivity index (χ0v) is 13.4. The minimum Gasteiger partial charge on any atom is -0.343 e. The molecule has 0 aromatic rings. The van der Waals surface area contributed by atoms with E-state index in [0.29, 0.717) is 18.4 Å². The fourth-order valence-electron chi connectivity index (χ4n) is 3.71. The smallest absolute Gasteiger partial charge is 0.223 e. The summed E-state index contributed by atoms with van der Waals surface area (Å²) in [5.74, 6) is 2.09. The van der Waals surface area contributed by atoms with Crippen LogP contribution in [0.25, 0.3) is 0 Å². The highest BCUT2D eigenvalue weighted by molar-refractivity contribution is 5.76. The molecule has 2 aliphatic rings. The highest BCUT2D eigenvalue weighted by atomic mass is 16.2. The first kappa shape index (κ1) is 15.8. The number of carbonyl (C=O) groups is 1. The summed E-state index contributed by atoms with van der Waals surface area (Å²) in [6.07, 6.45) is 9.75. The highest BCUT2D eigenvalue weighted by Gasteiger charge is 2.21. The first-order valence-electron chi connectivity index (χ1n) is 8.68. The Morgan fingerprint density at radius 2 is 1.85 bits per heavy atom. The van der Waals surface area contributed by atoms with Crippen molar-refractivity contribution < 1.29 is 4.79 Å². The minimum absolute atomic E-state index is 0.351. The van der Waals surface area contributed by atoms with Crippen molar-refractivity contribution in [2.45, 2.75) is 71.3 Å². The second kappa shape index (κ2) is 8.02. The lowest BCUT2D eigenvalue weighted by atomic mass is 9.89. The van der Waals surface area contributed by atoms with E-state index >= 15 is 0 Å². The molecule has 1 amide bonds. The molecule has 0 radical (unpaired) electrons. The van der Waals surface area contributed by atoms with Crippen molar-refractivity contribution in [3.05, 3.63) is 0 Å². The van der Waals surface area contributed by atoms with E-state index in [2.05, 4.69) is 19.2 Å². The Morgan fingerprint density at radius 3 is 2.55 bits per heavy atom. The Bertz CT molecular complexity index is 297. The molecule has 1 aliphatic heterocycles. The molecule has 0 bridgehead atoms. The van der Waals surface area contributed by atoms with Gasteiger partial charge in [0.2, 0.25) is 5.91 Å². The molecule has 116 valence electrons. The number of carbonyl (C=O) groups excluding carboxylic acids is 1. The number of nitrogens with one attached hydrogen (secondary N) is 1. The molecule has 3 nitrogen and oxygen atoms in total. The van der Waals surface area contributed by atoms with Gasteiger partial charge < -0.3 is 10.2 Å². The average Bonchev–Trinajstić information content (AvgIpc) is 2.85. The molecule has 2 unspecified atom stereocenters. The third kappa shape index (κ3) is 4.76. The first-order valence-corrected chi connectivity index (χ1v) is 8.68. The quantitative estimate of drug-likeness (QED) is 0.784. The summed E-state index contributed by atoms with van der Waals surface area (Å²) in [5.41, 5.74) is 0. The lowest BCUT2D eigenvalue weighted by molar-refractivity contribution is -0.130. The van der Waals surface area contributed by atoms with Gasteiger partial charge in [-0.15, -0.1) is 0 Å². The van der Waals surface area contributed by atoms with Crippen molar-refractivity contribution in [1.82, 2.24) is 10.2 Å². The predicted octanol–water partition coefficient (Wildman–Crippen LogP) is 3.19. The van der Waals surface area contributed by atoms with Gasteiger partial charge in [-0.2, -0.15) is 0 Å². The van der Waals surface area contributed by atoms with Gasteiger partial charge >= 0.3 is 0 Å². The molecular weight excluding hydrogens is 248 g/mol. The summed E-state index contributed by atoms with van der Waals surface area (Å²) in [4.78, 5) is 14.0. The average molecular weight is 280 g/mol. The van der Waals surface area contributed by atoms with Gasteiger partial charge in [0.1, 0.15) is 0 Å². The Labute approximate surface area is 124 Å².